The van der Waals surface area contributed by atoms with Crippen molar-refractivity contribution in [3.8, 4) is 6.07 Å². The summed E-state index contributed by atoms with van der Waals surface area (Å²) in [6.45, 7) is 1.91. The third-order valence-corrected chi connectivity index (χ3v) is 3.57. The van der Waals surface area contributed by atoms with Crippen molar-refractivity contribution in [2.45, 2.75) is 24.8 Å². The summed E-state index contributed by atoms with van der Waals surface area (Å²) in [5, 5.41) is 17.3. The lowest BCUT2D eigenvalue weighted by Gasteiger charge is -2.02. The third kappa shape index (κ3) is 3.09. The summed E-state index contributed by atoms with van der Waals surface area (Å²) in [6, 6.07) is 2.73. The van der Waals surface area contributed by atoms with Gasteiger partial charge >= 0.3 is 5.97 Å². The predicted octanol–water partition coefficient (Wildman–Crippen LogP) is 0.398. The van der Waals surface area contributed by atoms with Crippen LogP contribution in [0.2, 0.25) is 0 Å². The van der Waals surface area contributed by atoms with Crippen LogP contribution in [-0.2, 0) is 16.6 Å². The van der Waals surface area contributed by atoms with Gasteiger partial charge in [-0.3, -0.25) is 0 Å². The number of hydrogen-bond donors (Lipinski definition) is 2. The summed E-state index contributed by atoms with van der Waals surface area (Å²) in [7, 11) is -3.83. The summed E-state index contributed by atoms with van der Waals surface area (Å²) in [5.41, 5.74) is -0.0887. The van der Waals surface area contributed by atoms with Crippen LogP contribution in [0, 0.1) is 11.3 Å². The van der Waals surface area contributed by atoms with Crippen molar-refractivity contribution in [2.24, 2.45) is 0 Å². The van der Waals surface area contributed by atoms with Crippen LogP contribution < -0.4 is 4.72 Å². The highest BCUT2D eigenvalue weighted by molar-refractivity contribution is 7.89. The van der Waals surface area contributed by atoms with Crippen LogP contribution in [0.1, 0.15) is 23.8 Å². The number of nitriles is 1. The molecular weight excluding hydrogens is 258 g/mol. The van der Waals surface area contributed by atoms with E-state index >= 15 is 0 Å². The first-order valence-corrected chi connectivity index (χ1v) is 6.70. The molecule has 98 valence electrons. The molecule has 0 aromatic carbocycles. The van der Waals surface area contributed by atoms with Crippen molar-refractivity contribution in [2.75, 3.05) is 6.54 Å². The summed E-state index contributed by atoms with van der Waals surface area (Å²) < 4.78 is 26.8. The molecule has 0 aliphatic carbocycles. The van der Waals surface area contributed by atoms with Crippen LogP contribution in [0.25, 0.3) is 0 Å². The quantitative estimate of drug-likeness (QED) is 0.727. The van der Waals surface area contributed by atoms with E-state index in [2.05, 4.69) is 4.72 Å². The molecule has 7 nitrogen and oxygen atoms in total. The molecule has 8 heteroatoms. The molecule has 0 aliphatic heterocycles. The Kier molecular flexibility index (Phi) is 4.47. The van der Waals surface area contributed by atoms with Crippen molar-refractivity contribution in [1.82, 2.24) is 9.29 Å². The van der Waals surface area contributed by atoms with Crippen molar-refractivity contribution in [3.05, 3.63) is 18.0 Å². The van der Waals surface area contributed by atoms with E-state index in [-0.39, 0.29) is 17.1 Å². The largest absolute Gasteiger partial charge is 0.477 e. The molecule has 0 radical (unpaired) electrons. The lowest BCUT2D eigenvalue weighted by molar-refractivity contribution is 0.0685. The maximum Gasteiger partial charge on any atom is 0.352 e. The van der Waals surface area contributed by atoms with Crippen LogP contribution in [-0.4, -0.2) is 30.6 Å². The average Bonchev–Trinajstić information content (AvgIpc) is 2.72. The molecule has 1 aromatic heterocycles. The molecule has 0 fully saturated rings. The topological polar surface area (TPSA) is 112 Å². The summed E-state index contributed by atoms with van der Waals surface area (Å²) in [5.74, 6) is -1.19. The molecule has 0 saturated heterocycles. The Bertz CT molecular complexity index is 583. The van der Waals surface area contributed by atoms with Gasteiger partial charge in [-0.2, -0.15) is 9.98 Å². The number of nitrogens with zero attached hydrogens (tertiary/aromatic N) is 2. The number of aromatic carboxylic acids is 1. The van der Waals surface area contributed by atoms with Crippen molar-refractivity contribution in [3.63, 3.8) is 0 Å². The minimum atomic E-state index is -3.83. The molecule has 2 N–H and O–H groups in total. The molecule has 0 bridgehead atoms. The molecule has 1 heterocycles. The van der Waals surface area contributed by atoms with E-state index in [1.54, 1.807) is 6.07 Å². The Balaban J connectivity index is 3.16. The van der Waals surface area contributed by atoms with Gasteiger partial charge in [0.1, 0.15) is 10.6 Å². The highest BCUT2D eigenvalue weighted by Gasteiger charge is 2.20. The second-order valence-corrected chi connectivity index (χ2v) is 5.31. The predicted molar refractivity (Wildman–Crippen MR) is 62.5 cm³/mol. The van der Waals surface area contributed by atoms with Gasteiger partial charge in [-0.25, -0.2) is 13.2 Å². The molecule has 0 spiro atoms. The molecule has 0 unspecified atom stereocenters. The third-order valence-electron chi connectivity index (χ3n) is 2.21. The Hall–Kier alpha value is -1.85. The molecule has 1 aromatic rings. The maximum atomic E-state index is 11.7. The van der Waals surface area contributed by atoms with Crippen molar-refractivity contribution >= 4 is 16.0 Å². The van der Waals surface area contributed by atoms with Gasteiger partial charge in [0.05, 0.1) is 12.6 Å². The van der Waals surface area contributed by atoms with E-state index < -0.39 is 16.0 Å². The highest BCUT2D eigenvalue weighted by atomic mass is 32.2. The maximum absolute atomic E-state index is 11.7. The van der Waals surface area contributed by atoms with Crippen LogP contribution in [0.5, 0.6) is 0 Å². The standard InChI is InChI=1S/C10H13N3O4S/c1-2-5-13-7-8(6-9(13)10(14)15)18(16,17)12-4-3-11/h6-7,12H,2,4-5H2,1H3,(H,14,15). The number of sulfonamides is 1. The SMILES string of the molecule is CCCn1cc(S(=O)(=O)NCC#N)cc1C(=O)O. The molecule has 18 heavy (non-hydrogen) atoms. The first kappa shape index (κ1) is 14.2. The lowest BCUT2D eigenvalue weighted by atomic mass is 10.4. The van der Waals surface area contributed by atoms with Crippen LogP contribution in [0.15, 0.2) is 17.2 Å². The lowest BCUT2D eigenvalue weighted by Crippen LogP contribution is -2.23. The van der Waals surface area contributed by atoms with Gasteiger partial charge in [-0.05, 0) is 12.5 Å². The van der Waals surface area contributed by atoms with E-state index in [0.29, 0.717) is 13.0 Å². The van der Waals surface area contributed by atoms with Crippen molar-refractivity contribution in [1.29, 1.82) is 5.26 Å². The monoisotopic (exact) mass is 271 g/mol. The fraction of sp³-hybridized carbons (Fsp3) is 0.400. The first-order chi connectivity index (χ1) is 8.42. The number of nitrogens with one attached hydrogen (secondary N) is 1. The fourth-order valence-electron chi connectivity index (χ4n) is 1.45. The normalized spacial score (nSPS) is 11.1. The number of carbonyl (C=O) groups is 1. The van der Waals surface area contributed by atoms with Gasteiger partial charge < -0.3 is 9.67 Å². The Labute approximate surface area is 105 Å². The number of carboxylic acids is 1. The Morgan fingerprint density at radius 3 is 2.78 bits per heavy atom. The Morgan fingerprint density at radius 1 is 1.61 bits per heavy atom. The molecule has 0 amide bonds. The second kappa shape index (κ2) is 5.66. The summed E-state index contributed by atoms with van der Waals surface area (Å²) in [6.07, 6.45) is 1.94. The number of rotatable bonds is 6. The van der Waals surface area contributed by atoms with Gasteiger partial charge in [-0.1, -0.05) is 6.92 Å². The van der Waals surface area contributed by atoms with Gasteiger partial charge in [0.2, 0.25) is 10.0 Å². The van der Waals surface area contributed by atoms with Crippen LogP contribution in [0.3, 0.4) is 0 Å². The minimum absolute atomic E-state index is 0.0887. The van der Waals surface area contributed by atoms with Crippen LogP contribution >= 0.6 is 0 Å². The molecule has 0 atom stereocenters. The number of aromatic nitrogens is 1. The fourth-order valence-corrected chi connectivity index (χ4v) is 2.40. The van der Waals surface area contributed by atoms with E-state index in [9.17, 15) is 13.2 Å². The Morgan fingerprint density at radius 2 is 2.28 bits per heavy atom. The smallest absolute Gasteiger partial charge is 0.352 e. The number of aryl methyl sites for hydroxylation is 1. The second-order valence-electron chi connectivity index (χ2n) is 3.54. The van der Waals surface area contributed by atoms with Gasteiger partial charge in [-0.15, -0.1) is 0 Å². The summed E-state index contributed by atoms with van der Waals surface area (Å²) in [4.78, 5) is 10.8. The number of hydrogen-bond acceptors (Lipinski definition) is 4. The van der Waals surface area contributed by atoms with Gasteiger partial charge in [0, 0.05) is 12.7 Å². The molecule has 0 aliphatic rings. The van der Waals surface area contributed by atoms with E-state index in [4.69, 9.17) is 10.4 Å². The zero-order valence-electron chi connectivity index (χ0n) is 9.75. The highest BCUT2D eigenvalue weighted by Crippen LogP contribution is 2.15. The van der Waals surface area contributed by atoms with Gasteiger partial charge in [0.15, 0.2) is 0 Å². The van der Waals surface area contributed by atoms with E-state index in [1.165, 1.54) is 10.8 Å². The zero-order chi connectivity index (χ0) is 13.8. The molecule has 0 saturated carbocycles. The van der Waals surface area contributed by atoms with Crippen molar-refractivity contribution < 1.29 is 18.3 Å². The van der Waals surface area contributed by atoms with E-state index in [0.717, 1.165) is 6.07 Å². The zero-order valence-corrected chi connectivity index (χ0v) is 10.6. The molecular formula is C10H13N3O4S. The number of carboxylic acid groups (broad SMARTS) is 1. The molecule has 1 rings (SSSR count). The minimum Gasteiger partial charge on any atom is -0.477 e. The van der Waals surface area contributed by atoms with Gasteiger partial charge in [0.25, 0.3) is 0 Å². The summed E-state index contributed by atoms with van der Waals surface area (Å²) >= 11 is 0. The average molecular weight is 271 g/mol. The van der Waals surface area contributed by atoms with E-state index in [1.807, 2.05) is 6.92 Å². The first-order valence-electron chi connectivity index (χ1n) is 5.22. The van der Waals surface area contributed by atoms with Crippen LogP contribution in [0.4, 0.5) is 0 Å².